The van der Waals surface area contributed by atoms with Crippen LogP contribution in [0.1, 0.15) is 46.5 Å². The van der Waals surface area contributed by atoms with Gasteiger partial charge >= 0.3 is 0 Å². The summed E-state index contributed by atoms with van der Waals surface area (Å²) in [5, 5.41) is 7.25. The Morgan fingerprint density at radius 3 is 2.76 bits per heavy atom. The largest absolute Gasteiger partial charge is 0.377 e. The summed E-state index contributed by atoms with van der Waals surface area (Å²) in [5.74, 6) is 2.50. The van der Waals surface area contributed by atoms with Crippen molar-refractivity contribution in [2.75, 3.05) is 13.7 Å². The van der Waals surface area contributed by atoms with Crippen molar-refractivity contribution in [1.82, 2.24) is 10.6 Å². The van der Waals surface area contributed by atoms with E-state index < -0.39 is 0 Å². The van der Waals surface area contributed by atoms with Crippen LogP contribution in [-0.2, 0) is 4.74 Å². The number of fused-ring (bicyclic) bond motifs is 1. The first-order valence-electron chi connectivity index (χ1n) is 8.19. The smallest absolute Gasteiger partial charge is 0.191 e. The first-order valence-corrected chi connectivity index (χ1v) is 8.19. The Bertz CT molecular complexity index is 399. The molecule has 1 aliphatic heterocycles. The molecule has 0 aromatic heterocycles. The van der Waals surface area contributed by atoms with Gasteiger partial charge in [0, 0.05) is 37.1 Å². The Labute approximate surface area is 145 Å². The van der Waals surface area contributed by atoms with Gasteiger partial charge in [0.2, 0.25) is 0 Å². The minimum Gasteiger partial charge on any atom is -0.377 e. The molecule has 1 saturated heterocycles. The van der Waals surface area contributed by atoms with Gasteiger partial charge < -0.3 is 15.4 Å². The van der Waals surface area contributed by atoms with Crippen LogP contribution >= 0.6 is 24.0 Å². The molecule has 2 aliphatic carbocycles. The summed E-state index contributed by atoms with van der Waals surface area (Å²) >= 11 is 0. The summed E-state index contributed by atoms with van der Waals surface area (Å²) < 4.78 is 5.85. The van der Waals surface area contributed by atoms with Crippen molar-refractivity contribution in [3.8, 4) is 0 Å². The van der Waals surface area contributed by atoms with E-state index in [0.717, 1.165) is 18.5 Å². The summed E-state index contributed by atoms with van der Waals surface area (Å²) in [6.07, 6.45) is 5.54. The third-order valence-corrected chi connectivity index (χ3v) is 5.52. The molecule has 3 aliphatic rings. The standard InChI is InChI=1S/C16H29N3O.HI/c1-5-6-10-9-12(10)18-15(17-4)19-13-11-7-8-20-14(11)16(13,2)3;/h10-14H,5-9H2,1-4H3,(H2,17,18,19);1H. The number of aliphatic imine (C=N–C) groups is 1. The first kappa shape index (κ1) is 17.3. The molecule has 122 valence electrons. The van der Waals surface area contributed by atoms with E-state index >= 15 is 0 Å². The van der Waals surface area contributed by atoms with E-state index in [1.807, 2.05) is 7.05 Å². The lowest BCUT2D eigenvalue weighted by atomic mass is 9.57. The average Bonchev–Trinajstić information content (AvgIpc) is 2.98. The molecule has 5 heteroatoms. The van der Waals surface area contributed by atoms with Crippen molar-refractivity contribution in [1.29, 1.82) is 0 Å². The number of nitrogens with one attached hydrogen (secondary N) is 2. The summed E-state index contributed by atoms with van der Waals surface area (Å²) in [7, 11) is 1.88. The Morgan fingerprint density at radius 2 is 2.10 bits per heavy atom. The van der Waals surface area contributed by atoms with Crippen molar-refractivity contribution >= 4 is 29.9 Å². The molecule has 5 atom stereocenters. The second-order valence-electron chi connectivity index (χ2n) is 7.29. The second kappa shape index (κ2) is 6.60. The molecule has 0 aromatic rings. The van der Waals surface area contributed by atoms with Crippen LogP contribution in [0.2, 0.25) is 0 Å². The van der Waals surface area contributed by atoms with Crippen LogP contribution in [0, 0.1) is 17.3 Å². The number of rotatable bonds is 4. The van der Waals surface area contributed by atoms with Gasteiger partial charge in [-0.1, -0.05) is 27.2 Å². The highest BCUT2D eigenvalue weighted by atomic mass is 127. The molecule has 0 radical (unpaired) electrons. The van der Waals surface area contributed by atoms with E-state index in [9.17, 15) is 0 Å². The van der Waals surface area contributed by atoms with Crippen LogP contribution in [0.5, 0.6) is 0 Å². The summed E-state index contributed by atoms with van der Waals surface area (Å²) in [4.78, 5) is 4.42. The van der Waals surface area contributed by atoms with Gasteiger partial charge in [-0.05, 0) is 25.2 Å². The molecule has 5 unspecified atom stereocenters. The number of halogens is 1. The topological polar surface area (TPSA) is 45.7 Å². The van der Waals surface area contributed by atoms with Gasteiger partial charge in [0.25, 0.3) is 0 Å². The minimum absolute atomic E-state index is 0. The van der Waals surface area contributed by atoms with E-state index in [1.54, 1.807) is 0 Å². The van der Waals surface area contributed by atoms with Crippen LogP contribution in [0.3, 0.4) is 0 Å². The molecule has 0 bridgehead atoms. The molecular formula is C16H30IN3O. The monoisotopic (exact) mass is 407 g/mol. The minimum atomic E-state index is 0. The Hall–Kier alpha value is -0.0400. The lowest BCUT2D eigenvalue weighted by Crippen LogP contribution is -2.68. The number of ether oxygens (including phenoxy) is 1. The number of hydrogen-bond acceptors (Lipinski definition) is 2. The van der Waals surface area contributed by atoms with E-state index in [0.29, 0.717) is 24.1 Å². The van der Waals surface area contributed by atoms with Crippen LogP contribution in [0.4, 0.5) is 0 Å². The predicted molar refractivity (Wildman–Crippen MR) is 97.3 cm³/mol. The molecule has 4 nitrogen and oxygen atoms in total. The second-order valence-corrected chi connectivity index (χ2v) is 7.29. The molecule has 3 fully saturated rings. The Morgan fingerprint density at radius 1 is 1.33 bits per heavy atom. The van der Waals surface area contributed by atoms with Gasteiger partial charge in [-0.3, -0.25) is 4.99 Å². The molecule has 0 aromatic carbocycles. The highest BCUT2D eigenvalue weighted by molar-refractivity contribution is 14.0. The lowest BCUT2D eigenvalue weighted by Gasteiger charge is -2.54. The zero-order valence-electron chi connectivity index (χ0n) is 13.7. The van der Waals surface area contributed by atoms with E-state index in [2.05, 4.69) is 36.4 Å². The van der Waals surface area contributed by atoms with Gasteiger partial charge in [0.1, 0.15) is 0 Å². The van der Waals surface area contributed by atoms with Crippen molar-refractivity contribution in [3.05, 3.63) is 0 Å². The number of hydrogen-bond donors (Lipinski definition) is 2. The normalized spacial score (nSPS) is 39.8. The fourth-order valence-corrected chi connectivity index (χ4v) is 4.23. The summed E-state index contributed by atoms with van der Waals surface area (Å²) in [5.41, 5.74) is 0.213. The molecule has 2 saturated carbocycles. The van der Waals surface area contributed by atoms with Gasteiger partial charge in [-0.25, -0.2) is 0 Å². The molecular weight excluding hydrogens is 377 g/mol. The zero-order chi connectivity index (χ0) is 14.3. The number of guanidine groups is 1. The average molecular weight is 407 g/mol. The van der Waals surface area contributed by atoms with Crippen LogP contribution in [-0.4, -0.2) is 37.8 Å². The molecule has 0 amide bonds. The fourth-order valence-electron chi connectivity index (χ4n) is 4.23. The zero-order valence-corrected chi connectivity index (χ0v) is 16.0. The molecule has 0 spiro atoms. The van der Waals surface area contributed by atoms with E-state index in [-0.39, 0.29) is 29.4 Å². The van der Waals surface area contributed by atoms with Crippen molar-refractivity contribution in [2.45, 2.75) is 64.6 Å². The van der Waals surface area contributed by atoms with Gasteiger partial charge in [0.15, 0.2) is 5.96 Å². The highest BCUT2D eigenvalue weighted by Gasteiger charge is 2.59. The lowest BCUT2D eigenvalue weighted by molar-refractivity contribution is -0.106. The van der Waals surface area contributed by atoms with Crippen molar-refractivity contribution in [2.24, 2.45) is 22.2 Å². The third-order valence-electron chi connectivity index (χ3n) is 5.52. The van der Waals surface area contributed by atoms with Crippen LogP contribution < -0.4 is 10.6 Å². The summed E-state index contributed by atoms with van der Waals surface area (Å²) in [6.45, 7) is 7.80. The van der Waals surface area contributed by atoms with E-state index in [4.69, 9.17) is 4.74 Å². The molecule has 21 heavy (non-hydrogen) atoms. The van der Waals surface area contributed by atoms with Crippen molar-refractivity contribution in [3.63, 3.8) is 0 Å². The van der Waals surface area contributed by atoms with Crippen LogP contribution in [0.15, 0.2) is 4.99 Å². The quantitative estimate of drug-likeness (QED) is 0.428. The maximum Gasteiger partial charge on any atom is 0.191 e. The van der Waals surface area contributed by atoms with Gasteiger partial charge in [-0.15, -0.1) is 24.0 Å². The molecule has 3 rings (SSSR count). The van der Waals surface area contributed by atoms with Gasteiger partial charge in [0.05, 0.1) is 6.10 Å². The molecule has 2 N–H and O–H groups in total. The van der Waals surface area contributed by atoms with Crippen LogP contribution in [0.25, 0.3) is 0 Å². The predicted octanol–water partition coefficient (Wildman–Crippen LogP) is 2.77. The summed E-state index contributed by atoms with van der Waals surface area (Å²) in [6, 6.07) is 1.13. The van der Waals surface area contributed by atoms with Gasteiger partial charge in [-0.2, -0.15) is 0 Å². The maximum absolute atomic E-state index is 5.85. The highest BCUT2D eigenvalue weighted by Crippen LogP contribution is 2.52. The van der Waals surface area contributed by atoms with E-state index in [1.165, 1.54) is 25.7 Å². The first-order chi connectivity index (χ1) is 9.57. The third kappa shape index (κ3) is 3.19. The Kier molecular flexibility index (Phi) is 5.45. The molecule has 1 heterocycles. The maximum atomic E-state index is 5.85. The Balaban J connectivity index is 0.00000161. The number of nitrogens with zero attached hydrogens (tertiary/aromatic N) is 1. The SMILES string of the molecule is CCCC1CC1NC(=NC)NC1C2CCOC2C1(C)C.I. The fraction of sp³-hybridized carbons (Fsp3) is 0.938. The van der Waals surface area contributed by atoms with Crippen molar-refractivity contribution < 1.29 is 4.74 Å².